The Labute approximate surface area is 175 Å². The van der Waals surface area contributed by atoms with Gasteiger partial charge in [-0.15, -0.1) is 10.2 Å². The van der Waals surface area contributed by atoms with E-state index < -0.39 is 20.7 Å². The van der Waals surface area contributed by atoms with Crippen LogP contribution in [-0.4, -0.2) is 25.2 Å². The fraction of sp³-hybridized carbons (Fsp3) is 0.176. The summed E-state index contributed by atoms with van der Waals surface area (Å²) in [5, 5.41) is 8.05. The number of aromatic nitrogens is 2. The van der Waals surface area contributed by atoms with Crippen LogP contribution in [0.5, 0.6) is 0 Å². The normalized spacial score (nSPS) is 13.6. The SMILES string of the molecule is O=S(=O)(Nc1nncs1)c1cc(Cl)c(CN2CCc3c(Cl)cccc32)cc1F. The molecule has 4 rings (SSSR count). The van der Waals surface area contributed by atoms with Crippen LogP contribution in [0.15, 0.2) is 40.7 Å². The van der Waals surface area contributed by atoms with E-state index in [2.05, 4.69) is 14.9 Å². The molecule has 0 fully saturated rings. The second kappa shape index (κ2) is 7.47. The zero-order valence-corrected chi connectivity index (χ0v) is 17.3. The van der Waals surface area contributed by atoms with Gasteiger partial charge in [0, 0.05) is 28.8 Å². The molecule has 3 aromatic rings. The summed E-state index contributed by atoms with van der Waals surface area (Å²) in [7, 11) is -4.17. The molecule has 1 N–H and O–H groups in total. The highest BCUT2D eigenvalue weighted by Crippen LogP contribution is 2.35. The van der Waals surface area contributed by atoms with Gasteiger partial charge in [0.1, 0.15) is 16.2 Å². The van der Waals surface area contributed by atoms with Crippen LogP contribution in [0, 0.1) is 5.82 Å². The van der Waals surface area contributed by atoms with E-state index in [-0.39, 0.29) is 10.2 Å². The Balaban J connectivity index is 1.62. The number of anilines is 2. The minimum absolute atomic E-state index is 0.0464. The summed E-state index contributed by atoms with van der Waals surface area (Å²) in [6, 6.07) is 7.91. The van der Waals surface area contributed by atoms with Crippen molar-refractivity contribution in [1.82, 2.24) is 10.2 Å². The van der Waals surface area contributed by atoms with E-state index in [0.717, 1.165) is 47.7 Å². The molecule has 1 aliphatic heterocycles. The number of hydrogen-bond acceptors (Lipinski definition) is 6. The first-order valence-electron chi connectivity index (χ1n) is 8.14. The third kappa shape index (κ3) is 3.67. The molecule has 0 saturated heterocycles. The van der Waals surface area contributed by atoms with Crippen molar-refractivity contribution in [2.24, 2.45) is 0 Å². The second-order valence-corrected chi connectivity index (χ2v) is 9.43. The summed E-state index contributed by atoms with van der Waals surface area (Å²) in [6.45, 7) is 1.06. The number of sulfonamides is 1. The maximum absolute atomic E-state index is 14.6. The summed E-state index contributed by atoms with van der Waals surface area (Å²) in [5.74, 6) is -0.887. The number of fused-ring (bicyclic) bond motifs is 1. The van der Waals surface area contributed by atoms with Gasteiger partial charge in [-0.2, -0.15) is 0 Å². The Morgan fingerprint density at radius 1 is 1.25 bits per heavy atom. The van der Waals surface area contributed by atoms with Gasteiger partial charge < -0.3 is 4.90 Å². The summed E-state index contributed by atoms with van der Waals surface area (Å²) in [4.78, 5) is 1.50. The molecule has 6 nitrogen and oxygen atoms in total. The number of halogens is 3. The molecule has 0 aliphatic carbocycles. The number of rotatable bonds is 5. The predicted octanol–water partition coefficient (Wildman–Crippen LogP) is 4.35. The molecule has 146 valence electrons. The van der Waals surface area contributed by atoms with E-state index >= 15 is 0 Å². The number of benzene rings is 2. The fourth-order valence-corrected chi connectivity index (χ4v) is 5.44. The molecule has 28 heavy (non-hydrogen) atoms. The zero-order chi connectivity index (χ0) is 19.9. The molecule has 1 aliphatic rings. The van der Waals surface area contributed by atoms with Crippen LogP contribution in [0.25, 0.3) is 0 Å². The standard InChI is InChI=1S/C17H13Cl2FN4O2S2/c18-12-2-1-3-15-11(12)4-5-24(15)8-10-6-14(20)16(7-13(10)19)28(25,26)23-17-22-21-9-27-17/h1-3,6-7,9H,4-5,8H2,(H,22,23). The first-order valence-corrected chi connectivity index (χ1v) is 11.3. The zero-order valence-electron chi connectivity index (χ0n) is 14.2. The fourth-order valence-electron chi connectivity index (χ4n) is 3.11. The Kier molecular flexibility index (Phi) is 5.17. The molecule has 1 aromatic heterocycles. The van der Waals surface area contributed by atoms with E-state index in [1.165, 1.54) is 5.51 Å². The lowest BCUT2D eigenvalue weighted by atomic mass is 10.1. The lowest BCUT2D eigenvalue weighted by molar-refractivity contribution is 0.568. The number of nitrogens with one attached hydrogen (secondary N) is 1. The molecule has 0 atom stereocenters. The van der Waals surface area contributed by atoms with Gasteiger partial charge >= 0.3 is 0 Å². The van der Waals surface area contributed by atoms with Crippen LogP contribution in [0.3, 0.4) is 0 Å². The van der Waals surface area contributed by atoms with Gasteiger partial charge in [0.25, 0.3) is 10.0 Å². The van der Waals surface area contributed by atoms with Crippen LogP contribution < -0.4 is 9.62 Å². The number of nitrogens with zero attached hydrogens (tertiary/aromatic N) is 3. The van der Waals surface area contributed by atoms with E-state index in [0.29, 0.717) is 17.1 Å². The Morgan fingerprint density at radius 2 is 2.07 bits per heavy atom. The molecule has 2 heterocycles. The van der Waals surface area contributed by atoms with E-state index in [9.17, 15) is 12.8 Å². The van der Waals surface area contributed by atoms with Gasteiger partial charge in [0.2, 0.25) is 5.13 Å². The summed E-state index contributed by atoms with van der Waals surface area (Å²) in [5.41, 5.74) is 3.87. The minimum atomic E-state index is -4.17. The molecule has 0 unspecified atom stereocenters. The molecule has 0 amide bonds. The van der Waals surface area contributed by atoms with Crippen LogP contribution in [0.1, 0.15) is 11.1 Å². The first kappa shape index (κ1) is 19.4. The molecule has 0 radical (unpaired) electrons. The molecular weight excluding hydrogens is 446 g/mol. The quantitative estimate of drug-likeness (QED) is 0.614. The van der Waals surface area contributed by atoms with Crippen molar-refractivity contribution in [2.75, 3.05) is 16.2 Å². The Bertz CT molecular complexity index is 1140. The highest BCUT2D eigenvalue weighted by molar-refractivity contribution is 7.93. The molecule has 0 saturated carbocycles. The predicted molar refractivity (Wildman–Crippen MR) is 108 cm³/mol. The third-order valence-electron chi connectivity index (χ3n) is 4.40. The summed E-state index contributed by atoms with van der Waals surface area (Å²) in [6.07, 6.45) is 0.785. The maximum atomic E-state index is 14.6. The third-order valence-corrected chi connectivity index (χ3v) is 7.20. The first-order chi connectivity index (χ1) is 13.3. The van der Waals surface area contributed by atoms with Crippen LogP contribution in [0.4, 0.5) is 15.2 Å². The van der Waals surface area contributed by atoms with E-state index in [1.807, 2.05) is 23.1 Å². The lowest BCUT2D eigenvalue weighted by Gasteiger charge is -2.21. The van der Waals surface area contributed by atoms with Crippen LogP contribution in [0.2, 0.25) is 10.0 Å². The summed E-state index contributed by atoms with van der Waals surface area (Å²) >= 11 is 13.5. The van der Waals surface area contributed by atoms with Gasteiger partial charge in [0.15, 0.2) is 0 Å². The van der Waals surface area contributed by atoms with Crippen molar-refractivity contribution < 1.29 is 12.8 Å². The van der Waals surface area contributed by atoms with Crippen molar-refractivity contribution in [1.29, 1.82) is 0 Å². The lowest BCUT2D eigenvalue weighted by Crippen LogP contribution is -2.20. The highest BCUT2D eigenvalue weighted by atomic mass is 35.5. The van der Waals surface area contributed by atoms with E-state index in [1.54, 1.807) is 0 Å². The average Bonchev–Trinajstić information content (AvgIpc) is 3.28. The van der Waals surface area contributed by atoms with Crippen molar-refractivity contribution in [2.45, 2.75) is 17.9 Å². The topological polar surface area (TPSA) is 75.2 Å². The smallest absolute Gasteiger partial charge is 0.266 e. The Hall–Kier alpha value is -1.94. The van der Waals surface area contributed by atoms with Gasteiger partial charge in [-0.1, -0.05) is 40.6 Å². The van der Waals surface area contributed by atoms with Crippen LogP contribution >= 0.6 is 34.5 Å². The molecule has 11 heteroatoms. The average molecular weight is 459 g/mol. The van der Waals surface area contributed by atoms with Crippen molar-refractivity contribution in [3.63, 3.8) is 0 Å². The Morgan fingerprint density at radius 3 is 2.82 bits per heavy atom. The van der Waals surface area contributed by atoms with Crippen molar-refractivity contribution in [3.05, 3.63) is 62.8 Å². The molecule has 2 aromatic carbocycles. The van der Waals surface area contributed by atoms with Gasteiger partial charge in [-0.05, 0) is 41.8 Å². The second-order valence-electron chi connectivity index (χ2n) is 6.13. The van der Waals surface area contributed by atoms with Gasteiger partial charge in [-0.3, -0.25) is 4.72 Å². The van der Waals surface area contributed by atoms with E-state index in [4.69, 9.17) is 23.2 Å². The molecule has 0 spiro atoms. The highest BCUT2D eigenvalue weighted by Gasteiger charge is 2.25. The maximum Gasteiger partial charge on any atom is 0.266 e. The monoisotopic (exact) mass is 458 g/mol. The van der Waals surface area contributed by atoms with Crippen molar-refractivity contribution in [3.8, 4) is 0 Å². The summed E-state index contributed by atoms with van der Waals surface area (Å²) < 4.78 is 41.7. The molecule has 0 bridgehead atoms. The van der Waals surface area contributed by atoms with Gasteiger partial charge in [0.05, 0.1) is 0 Å². The van der Waals surface area contributed by atoms with Crippen LogP contribution in [-0.2, 0) is 23.0 Å². The largest absolute Gasteiger partial charge is 0.367 e. The molecular formula is C17H13Cl2FN4O2S2. The minimum Gasteiger partial charge on any atom is -0.367 e. The number of hydrogen-bond donors (Lipinski definition) is 1. The van der Waals surface area contributed by atoms with Gasteiger partial charge in [-0.25, -0.2) is 12.8 Å². The van der Waals surface area contributed by atoms with Crippen molar-refractivity contribution >= 4 is 55.4 Å².